The van der Waals surface area contributed by atoms with Gasteiger partial charge in [-0.3, -0.25) is 4.79 Å². The number of amides is 1. The fourth-order valence-corrected chi connectivity index (χ4v) is 3.92. The molecule has 1 aliphatic carbocycles. The molecule has 0 atom stereocenters. The number of rotatable bonds is 5. The number of unbranched alkanes of at least 4 members (excludes halogenated alkanes) is 1. The molecule has 1 aromatic heterocycles. The number of nitrogens with zero attached hydrogens (tertiary/aromatic N) is 4. The van der Waals surface area contributed by atoms with Gasteiger partial charge in [0, 0.05) is 24.4 Å². The number of hydrogen-bond donors (Lipinski definition) is 2. The number of phenols is 1. The molecule has 2 heterocycles. The number of aromatic hydroxyl groups is 1. The van der Waals surface area contributed by atoms with Crippen LogP contribution in [0.3, 0.4) is 0 Å². The van der Waals surface area contributed by atoms with Crippen molar-refractivity contribution in [2.45, 2.75) is 70.3 Å². The molecule has 1 saturated carbocycles. The molecule has 28 heavy (non-hydrogen) atoms. The van der Waals surface area contributed by atoms with Gasteiger partial charge in [0.1, 0.15) is 5.75 Å². The monoisotopic (exact) mass is 405 g/mol. The second-order valence-corrected chi connectivity index (χ2v) is 7.75. The summed E-state index contributed by atoms with van der Waals surface area (Å²) in [6.07, 6.45) is 10.7. The number of tetrazole rings is 1. The Kier molecular flexibility index (Phi) is 7.65. The van der Waals surface area contributed by atoms with Crippen LogP contribution in [0.1, 0.15) is 68.8 Å². The Balaban J connectivity index is 0.000000167. The van der Waals surface area contributed by atoms with Crippen LogP contribution in [0, 0.1) is 0 Å². The Bertz CT molecular complexity index is 774. The van der Waals surface area contributed by atoms with E-state index in [1.54, 1.807) is 18.2 Å². The lowest BCUT2D eigenvalue weighted by atomic mass is 9.95. The van der Waals surface area contributed by atoms with Crippen LogP contribution >= 0.6 is 11.6 Å². The molecule has 0 spiro atoms. The summed E-state index contributed by atoms with van der Waals surface area (Å²) in [5, 5.41) is 23.9. The molecule has 0 saturated heterocycles. The summed E-state index contributed by atoms with van der Waals surface area (Å²) >= 11 is 5.67. The molecule has 2 N–H and O–H groups in total. The third-order valence-corrected chi connectivity index (χ3v) is 5.52. The van der Waals surface area contributed by atoms with Crippen molar-refractivity contribution in [3.05, 3.63) is 29.6 Å². The molecule has 1 fully saturated rings. The van der Waals surface area contributed by atoms with E-state index >= 15 is 0 Å². The van der Waals surface area contributed by atoms with Gasteiger partial charge in [-0.25, -0.2) is 4.68 Å². The first-order valence-corrected chi connectivity index (χ1v) is 10.7. The van der Waals surface area contributed by atoms with Gasteiger partial charge in [0.05, 0.1) is 6.04 Å². The first-order valence-electron chi connectivity index (χ1n) is 10.1. The van der Waals surface area contributed by atoms with Crippen LogP contribution in [-0.4, -0.2) is 37.1 Å². The van der Waals surface area contributed by atoms with Crippen LogP contribution in [0.25, 0.3) is 0 Å². The average Bonchev–Trinajstić information content (AvgIpc) is 3.18. The fourth-order valence-electron chi connectivity index (χ4n) is 3.73. The van der Waals surface area contributed by atoms with Crippen molar-refractivity contribution in [2.75, 3.05) is 11.2 Å². The number of benzene rings is 1. The first-order chi connectivity index (χ1) is 13.7. The minimum atomic E-state index is 0.0492. The standard InChI is InChI=1S/C11H19ClN4.C9H9NO2/c12-9-5-4-8-11-13-14-15-16(11)10-6-2-1-3-7-10;11-7-2-3-8-6(5-7)1-4-9(12)10-8/h10H,1-9H2;2-3,5,11H,1,4H2,(H,10,12). The number of carbonyl (C=O) groups is 1. The molecule has 4 rings (SSSR count). The summed E-state index contributed by atoms with van der Waals surface area (Å²) in [7, 11) is 0. The van der Waals surface area contributed by atoms with Gasteiger partial charge in [-0.1, -0.05) is 19.3 Å². The third kappa shape index (κ3) is 5.67. The number of alkyl halides is 1. The van der Waals surface area contributed by atoms with Crippen LogP contribution in [0.5, 0.6) is 5.75 Å². The highest BCUT2D eigenvalue weighted by Crippen LogP contribution is 2.28. The van der Waals surface area contributed by atoms with E-state index in [0.717, 1.165) is 48.6 Å². The van der Waals surface area contributed by atoms with E-state index < -0.39 is 0 Å². The first kappa shape index (κ1) is 20.6. The number of aromatic nitrogens is 4. The number of phenolic OH excluding ortho intramolecular Hbond substituents is 1. The average molecular weight is 406 g/mol. The zero-order valence-corrected chi connectivity index (χ0v) is 16.9. The molecule has 2 aromatic rings. The van der Waals surface area contributed by atoms with E-state index in [1.165, 1.54) is 32.1 Å². The molecule has 1 aromatic carbocycles. The molecule has 7 nitrogen and oxygen atoms in total. The molecule has 0 bridgehead atoms. The van der Waals surface area contributed by atoms with Gasteiger partial charge >= 0.3 is 0 Å². The van der Waals surface area contributed by atoms with Gasteiger partial charge in [-0.2, -0.15) is 0 Å². The molecule has 152 valence electrons. The maximum absolute atomic E-state index is 10.9. The normalized spacial score (nSPS) is 16.7. The molecule has 8 heteroatoms. The van der Waals surface area contributed by atoms with Gasteiger partial charge in [-0.15, -0.1) is 16.7 Å². The molecular weight excluding hydrogens is 378 g/mol. The van der Waals surface area contributed by atoms with Gasteiger partial charge in [0.25, 0.3) is 0 Å². The van der Waals surface area contributed by atoms with Crippen molar-refractivity contribution >= 4 is 23.2 Å². The summed E-state index contributed by atoms with van der Waals surface area (Å²) < 4.78 is 2.05. The minimum absolute atomic E-state index is 0.0492. The van der Waals surface area contributed by atoms with Crippen LogP contribution in [0.15, 0.2) is 18.2 Å². The van der Waals surface area contributed by atoms with Gasteiger partial charge in [-0.05, 0) is 66.3 Å². The molecule has 0 radical (unpaired) electrons. The SMILES string of the molecule is ClCCCCc1nnnn1C1CCCCC1.O=C1CCc2cc(O)ccc2N1. The maximum atomic E-state index is 10.9. The lowest BCUT2D eigenvalue weighted by molar-refractivity contribution is -0.116. The zero-order chi connectivity index (χ0) is 19.8. The number of carbonyl (C=O) groups excluding carboxylic acids is 1. The zero-order valence-electron chi connectivity index (χ0n) is 16.1. The molecule has 0 unspecified atom stereocenters. The number of halogens is 1. The largest absolute Gasteiger partial charge is 0.508 e. The highest BCUT2D eigenvalue weighted by molar-refractivity contribution is 6.17. The number of aryl methyl sites for hydroxylation is 2. The predicted octanol–water partition coefficient (Wildman–Crippen LogP) is 4.02. The van der Waals surface area contributed by atoms with Crippen LogP contribution in [0.4, 0.5) is 5.69 Å². The maximum Gasteiger partial charge on any atom is 0.224 e. The summed E-state index contributed by atoms with van der Waals surface area (Å²) in [4.78, 5) is 10.9. The van der Waals surface area contributed by atoms with Gasteiger partial charge in [0.15, 0.2) is 5.82 Å². The van der Waals surface area contributed by atoms with E-state index in [0.29, 0.717) is 12.5 Å². The highest BCUT2D eigenvalue weighted by atomic mass is 35.5. The number of nitrogens with one attached hydrogen (secondary N) is 1. The van der Waals surface area contributed by atoms with E-state index in [-0.39, 0.29) is 11.7 Å². The van der Waals surface area contributed by atoms with E-state index in [4.69, 9.17) is 16.7 Å². The van der Waals surface area contributed by atoms with Crippen LogP contribution in [-0.2, 0) is 17.6 Å². The molecular formula is C20H28ClN5O2. The molecule has 1 amide bonds. The van der Waals surface area contributed by atoms with E-state index in [9.17, 15) is 4.79 Å². The van der Waals surface area contributed by atoms with E-state index in [2.05, 4.69) is 20.8 Å². The highest BCUT2D eigenvalue weighted by Gasteiger charge is 2.19. The molecule has 2 aliphatic rings. The van der Waals surface area contributed by atoms with Crippen molar-refractivity contribution in [1.82, 2.24) is 20.2 Å². The second kappa shape index (κ2) is 10.4. The lowest BCUT2D eigenvalue weighted by Gasteiger charge is -2.22. The molecule has 1 aliphatic heterocycles. The smallest absolute Gasteiger partial charge is 0.224 e. The van der Waals surface area contributed by atoms with Crippen molar-refractivity contribution in [2.24, 2.45) is 0 Å². The predicted molar refractivity (Wildman–Crippen MR) is 109 cm³/mol. The fraction of sp³-hybridized carbons (Fsp3) is 0.600. The summed E-state index contributed by atoms with van der Waals surface area (Å²) in [6, 6.07) is 5.52. The second-order valence-electron chi connectivity index (χ2n) is 7.37. The summed E-state index contributed by atoms with van der Waals surface area (Å²) in [5.41, 5.74) is 1.83. The van der Waals surface area contributed by atoms with Crippen molar-refractivity contribution < 1.29 is 9.90 Å². The Morgan fingerprint density at radius 1 is 1.18 bits per heavy atom. The van der Waals surface area contributed by atoms with Crippen LogP contribution < -0.4 is 5.32 Å². The van der Waals surface area contributed by atoms with Gasteiger partial charge < -0.3 is 10.4 Å². The quantitative estimate of drug-likeness (QED) is 0.445. The van der Waals surface area contributed by atoms with Crippen LogP contribution in [0.2, 0.25) is 0 Å². The Hall–Kier alpha value is -2.15. The van der Waals surface area contributed by atoms with E-state index in [1.807, 2.05) is 4.68 Å². The van der Waals surface area contributed by atoms with Gasteiger partial charge in [0.2, 0.25) is 5.91 Å². The minimum Gasteiger partial charge on any atom is -0.508 e. The van der Waals surface area contributed by atoms with Crippen molar-refractivity contribution in [3.8, 4) is 5.75 Å². The lowest BCUT2D eigenvalue weighted by Crippen LogP contribution is -2.18. The Morgan fingerprint density at radius 2 is 2.00 bits per heavy atom. The summed E-state index contributed by atoms with van der Waals surface area (Å²) in [5.74, 6) is 2.07. The van der Waals surface area contributed by atoms with Crippen molar-refractivity contribution in [3.63, 3.8) is 0 Å². The third-order valence-electron chi connectivity index (χ3n) is 5.25. The van der Waals surface area contributed by atoms with Crippen molar-refractivity contribution in [1.29, 1.82) is 0 Å². The number of anilines is 1. The number of hydrogen-bond acceptors (Lipinski definition) is 5. The topological polar surface area (TPSA) is 92.9 Å². The Morgan fingerprint density at radius 3 is 2.79 bits per heavy atom. The summed E-state index contributed by atoms with van der Waals surface area (Å²) in [6.45, 7) is 0. The number of fused-ring (bicyclic) bond motifs is 1. The Labute approximate surface area is 170 Å².